The SMILES string of the molecule is Cc1cc(C(=O)OCC(=O)N(C)[C@H]2CCS(=O)(=O)C2)c(C)s1. The molecule has 0 bridgehead atoms. The summed E-state index contributed by atoms with van der Waals surface area (Å²) in [6, 6.07) is 1.40. The molecule has 6 nitrogen and oxygen atoms in total. The van der Waals surface area contributed by atoms with Crippen molar-refractivity contribution in [1.29, 1.82) is 0 Å². The highest BCUT2D eigenvalue weighted by Gasteiger charge is 2.33. The highest BCUT2D eigenvalue weighted by Crippen LogP contribution is 2.21. The maximum atomic E-state index is 12.0. The van der Waals surface area contributed by atoms with Crippen molar-refractivity contribution < 1.29 is 22.7 Å². The van der Waals surface area contributed by atoms with E-state index in [1.54, 1.807) is 13.1 Å². The van der Waals surface area contributed by atoms with Gasteiger partial charge in [-0.1, -0.05) is 0 Å². The van der Waals surface area contributed by atoms with Crippen LogP contribution in [0.2, 0.25) is 0 Å². The minimum Gasteiger partial charge on any atom is -0.452 e. The molecule has 1 saturated heterocycles. The van der Waals surface area contributed by atoms with Crippen molar-refractivity contribution in [3.05, 3.63) is 21.4 Å². The first kappa shape index (κ1) is 17.0. The third kappa shape index (κ3) is 3.86. The Bertz CT molecular complexity index is 692. The van der Waals surface area contributed by atoms with Gasteiger partial charge < -0.3 is 9.64 Å². The number of thiophene rings is 1. The number of carbonyl (C=O) groups is 2. The first-order chi connectivity index (χ1) is 10.2. The third-order valence-corrected chi connectivity index (χ3v) is 6.45. The minimum atomic E-state index is -3.05. The Kier molecular flexibility index (Phi) is 4.91. The number of esters is 1. The van der Waals surface area contributed by atoms with E-state index in [0.29, 0.717) is 12.0 Å². The van der Waals surface area contributed by atoms with Crippen LogP contribution in [0.3, 0.4) is 0 Å². The molecule has 122 valence electrons. The van der Waals surface area contributed by atoms with Gasteiger partial charge in [-0.05, 0) is 26.3 Å². The van der Waals surface area contributed by atoms with Gasteiger partial charge in [-0.25, -0.2) is 13.2 Å². The van der Waals surface area contributed by atoms with Gasteiger partial charge in [-0.2, -0.15) is 0 Å². The van der Waals surface area contributed by atoms with E-state index in [1.165, 1.54) is 16.2 Å². The van der Waals surface area contributed by atoms with Gasteiger partial charge in [-0.3, -0.25) is 4.79 Å². The summed E-state index contributed by atoms with van der Waals surface area (Å²) in [6.45, 7) is 3.35. The monoisotopic (exact) mass is 345 g/mol. The molecule has 0 saturated carbocycles. The summed E-state index contributed by atoms with van der Waals surface area (Å²) in [5, 5.41) is 0. The van der Waals surface area contributed by atoms with Crippen LogP contribution >= 0.6 is 11.3 Å². The Hall–Kier alpha value is -1.41. The van der Waals surface area contributed by atoms with E-state index in [1.807, 2.05) is 13.8 Å². The van der Waals surface area contributed by atoms with E-state index in [0.717, 1.165) is 9.75 Å². The molecule has 1 aliphatic rings. The molecule has 0 unspecified atom stereocenters. The van der Waals surface area contributed by atoms with Gasteiger partial charge in [0.15, 0.2) is 16.4 Å². The number of sulfone groups is 1. The van der Waals surface area contributed by atoms with Crippen LogP contribution in [0, 0.1) is 13.8 Å². The fourth-order valence-corrected chi connectivity index (χ4v) is 5.11. The Morgan fingerprint density at radius 3 is 2.59 bits per heavy atom. The highest BCUT2D eigenvalue weighted by atomic mass is 32.2. The quantitative estimate of drug-likeness (QED) is 0.765. The van der Waals surface area contributed by atoms with E-state index < -0.39 is 15.8 Å². The number of aryl methyl sites for hydroxylation is 2. The van der Waals surface area contributed by atoms with E-state index in [9.17, 15) is 18.0 Å². The Morgan fingerprint density at radius 1 is 1.41 bits per heavy atom. The lowest BCUT2D eigenvalue weighted by molar-refractivity contribution is -0.134. The lowest BCUT2D eigenvalue weighted by Crippen LogP contribution is -2.40. The summed E-state index contributed by atoms with van der Waals surface area (Å²) in [5.41, 5.74) is 0.474. The lowest BCUT2D eigenvalue weighted by atomic mass is 10.2. The molecule has 2 rings (SSSR count). The molecule has 0 aliphatic carbocycles. The predicted octanol–water partition coefficient (Wildman–Crippen LogP) is 1.17. The molecule has 1 amide bonds. The largest absolute Gasteiger partial charge is 0.452 e. The van der Waals surface area contributed by atoms with Crippen LogP contribution in [0.15, 0.2) is 6.07 Å². The van der Waals surface area contributed by atoms with Crippen LogP contribution in [0.5, 0.6) is 0 Å². The van der Waals surface area contributed by atoms with Crippen molar-refractivity contribution >= 4 is 33.1 Å². The van der Waals surface area contributed by atoms with Crippen molar-refractivity contribution in [1.82, 2.24) is 4.90 Å². The summed E-state index contributed by atoms with van der Waals surface area (Å²) in [7, 11) is -1.51. The molecular formula is C14H19NO5S2. The van der Waals surface area contributed by atoms with Gasteiger partial charge in [0.1, 0.15) is 0 Å². The zero-order valence-electron chi connectivity index (χ0n) is 12.8. The summed E-state index contributed by atoms with van der Waals surface area (Å²) in [4.78, 5) is 27.2. The zero-order chi connectivity index (χ0) is 16.5. The fourth-order valence-electron chi connectivity index (χ4n) is 2.42. The second-order valence-corrected chi connectivity index (χ2v) is 9.15. The van der Waals surface area contributed by atoms with Crippen molar-refractivity contribution in [2.45, 2.75) is 26.3 Å². The molecule has 1 aromatic rings. The predicted molar refractivity (Wildman–Crippen MR) is 83.9 cm³/mol. The van der Waals surface area contributed by atoms with Gasteiger partial charge in [0, 0.05) is 22.8 Å². The van der Waals surface area contributed by atoms with Crippen molar-refractivity contribution in [3.63, 3.8) is 0 Å². The van der Waals surface area contributed by atoms with Crippen molar-refractivity contribution in [2.75, 3.05) is 25.2 Å². The van der Waals surface area contributed by atoms with Crippen LogP contribution in [0.4, 0.5) is 0 Å². The molecular weight excluding hydrogens is 326 g/mol. The van der Waals surface area contributed by atoms with Crippen LogP contribution in [-0.4, -0.2) is 56.4 Å². The second kappa shape index (κ2) is 6.37. The van der Waals surface area contributed by atoms with Crippen molar-refractivity contribution in [3.8, 4) is 0 Å². The Balaban J connectivity index is 1.90. The fraction of sp³-hybridized carbons (Fsp3) is 0.571. The molecule has 1 aliphatic heterocycles. The number of carbonyl (C=O) groups excluding carboxylic acids is 2. The zero-order valence-corrected chi connectivity index (χ0v) is 14.4. The summed E-state index contributed by atoms with van der Waals surface area (Å²) < 4.78 is 27.9. The average Bonchev–Trinajstić information content (AvgIpc) is 2.96. The van der Waals surface area contributed by atoms with E-state index in [4.69, 9.17) is 4.74 Å². The smallest absolute Gasteiger partial charge is 0.339 e. The standard InChI is InChI=1S/C14H19NO5S2/c1-9-6-12(10(2)21-9)14(17)20-7-13(16)15(3)11-4-5-22(18,19)8-11/h6,11H,4-5,7-8H2,1-3H3/t11-/m0/s1. The van der Waals surface area contributed by atoms with Gasteiger partial charge in [0.2, 0.25) is 0 Å². The maximum Gasteiger partial charge on any atom is 0.339 e. The van der Waals surface area contributed by atoms with Gasteiger partial charge in [-0.15, -0.1) is 11.3 Å². The summed E-state index contributed by atoms with van der Waals surface area (Å²) >= 11 is 1.50. The van der Waals surface area contributed by atoms with E-state index in [-0.39, 0.29) is 30.1 Å². The Morgan fingerprint density at radius 2 is 2.09 bits per heavy atom. The Labute approximate surface area is 134 Å². The highest BCUT2D eigenvalue weighted by molar-refractivity contribution is 7.91. The number of hydrogen-bond acceptors (Lipinski definition) is 6. The van der Waals surface area contributed by atoms with E-state index in [2.05, 4.69) is 0 Å². The molecule has 22 heavy (non-hydrogen) atoms. The van der Waals surface area contributed by atoms with Crippen LogP contribution in [-0.2, 0) is 19.4 Å². The molecule has 0 N–H and O–H groups in total. The lowest BCUT2D eigenvalue weighted by Gasteiger charge is -2.23. The average molecular weight is 345 g/mol. The number of nitrogens with zero attached hydrogens (tertiary/aromatic N) is 1. The first-order valence-corrected chi connectivity index (χ1v) is 9.53. The molecule has 0 aromatic carbocycles. The molecule has 0 spiro atoms. The molecule has 1 aromatic heterocycles. The summed E-state index contributed by atoms with van der Waals surface area (Å²) in [5.74, 6) is -0.836. The molecule has 2 heterocycles. The third-order valence-electron chi connectivity index (χ3n) is 3.74. The normalized spacial score (nSPS) is 19.9. The second-order valence-electron chi connectivity index (χ2n) is 5.46. The van der Waals surface area contributed by atoms with E-state index >= 15 is 0 Å². The number of amides is 1. The van der Waals surface area contributed by atoms with Crippen molar-refractivity contribution in [2.24, 2.45) is 0 Å². The van der Waals surface area contributed by atoms with Crippen LogP contribution in [0.1, 0.15) is 26.5 Å². The van der Waals surface area contributed by atoms with Crippen LogP contribution in [0.25, 0.3) is 0 Å². The van der Waals surface area contributed by atoms with Crippen LogP contribution < -0.4 is 0 Å². The van der Waals surface area contributed by atoms with Gasteiger partial charge >= 0.3 is 5.97 Å². The molecule has 0 radical (unpaired) electrons. The number of hydrogen-bond donors (Lipinski definition) is 0. The first-order valence-electron chi connectivity index (χ1n) is 6.90. The minimum absolute atomic E-state index is 0.0218. The van der Waals surface area contributed by atoms with Gasteiger partial charge in [0.05, 0.1) is 17.1 Å². The number of rotatable bonds is 4. The molecule has 1 atom stereocenters. The number of likely N-dealkylation sites (N-methyl/N-ethyl adjacent to an activating group) is 1. The summed E-state index contributed by atoms with van der Waals surface area (Å²) in [6.07, 6.45) is 0.432. The number of ether oxygens (including phenoxy) is 1. The molecule has 1 fully saturated rings. The topological polar surface area (TPSA) is 80.8 Å². The maximum absolute atomic E-state index is 12.0. The van der Waals surface area contributed by atoms with Gasteiger partial charge in [0.25, 0.3) is 5.91 Å². The molecule has 8 heteroatoms.